The van der Waals surface area contributed by atoms with E-state index in [1.807, 2.05) is 68.4 Å². The van der Waals surface area contributed by atoms with Crippen LogP contribution in [0.25, 0.3) is 31.6 Å². The Labute approximate surface area is 176 Å². The van der Waals surface area contributed by atoms with Crippen molar-refractivity contribution in [2.24, 2.45) is 0 Å². The Morgan fingerprint density at radius 2 is 1.80 bits per heavy atom. The van der Waals surface area contributed by atoms with Gasteiger partial charge >= 0.3 is 0 Å². The van der Waals surface area contributed by atoms with E-state index in [9.17, 15) is 9.59 Å². The van der Waals surface area contributed by atoms with E-state index in [1.54, 1.807) is 0 Å². The topological polar surface area (TPSA) is 67.8 Å². The number of para-hydroxylation sites is 1. The number of nitrogens with zero attached hydrogens (tertiary/aromatic N) is 2. The molecule has 30 heavy (non-hydrogen) atoms. The van der Waals surface area contributed by atoms with Gasteiger partial charge in [-0.05, 0) is 31.0 Å². The number of carbonyl (C=O) groups excluding carboxylic acids is 1. The third kappa shape index (κ3) is 2.88. The van der Waals surface area contributed by atoms with Gasteiger partial charge in [-0.25, -0.2) is 4.98 Å². The summed E-state index contributed by atoms with van der Waals surface area (Å²) in [6.45, 7) is 3.78. The fraction of sp³-hybridized carbons (Fsp3) is 0.125. The average Bonchev–Trinajstić information content (AvgIpc) is 3.27. The summed E-state index contributed by atoms with van der Waals surface area (Å²) in [5.41, 5.74) is 4.14. The largest absolute Gasteiger partial charge is 0.358 e. The summed E-state index contributed by atoms with van der Waals surface area (Å²) in [6.07, 6.45) is 1.48. The van der Waals surface area contributed by atoms with Crippen molar-refractivity contribution in [3.8, 4) is 10.4 Å². The number of Topliss-reactive ketones (excluding diaryl/α,β-unsaturated/α-hetero) is 1. The van der Waals surface area contributed by atoms with Crippen LogP contribution in [0.1, 0.15) is 21.6 Å². The molecule has 5 nitrogen and oxygen atoms in total. The minimum atomic E-state index is -0.179. The van der Waals surface area contributed by atoms with E-state index < -0.39 is 0 Å². The van der Waals surface area contributed by atoms with Gasteiger partial charge in [-0.2, -0.15) is 0 Å². The third-order valence-electron chi connectivity index (χ3n) is 5.44. The van der Waals surface area contributed by atoms with Crippen LogP contribution in [0.15, 0.2) is 65.7 Å². The van der Waals surface area contributed by atoms with Gasteiger partial charge in [-0.15, -0.1) is 11.3 Å². The molecule has 3 aromatic heterocycles. The molecule has 0 saturated heterocycles. The summed E-state index contributed by atoms with van der Waals surface area (Å²) in [7, 11) is 0. The number of ketones is 1. The van der Waals surface area contributed by atoms with Crippen molar-refractivity contribution < 1.29 is 4.79 Å². The van der Waals surface area contributed by atoms with Crippen LogP contribution in [0.5, 0.6) is 0 Å². The molecule has 1 N–H and O–H groups in total. The van der Waals surface area contributed by atoms with Crippen LogP contribution >= 0.6 is 11.3 Å². The fourth-order valence-electron chi connectivity index (χ4n) is 4.01. The first-order valence-electron chi connectivity index (χ1n) is 9.69. The molecule has 148 valence electrons. The highest BCUT2D eigenvalue weighted by atomic mass is 32.1. The predicted octanol–water partition coefficient (Wildman–Crippen LogP) is 5.11. The van der Waals surface area contributed by atoms with Crippen molar-refractivity contribution in [1.82, 2.24) is 14.5 Å². The van der Waals surface area contributed by atoms with Gasteiger partial charge < -0.3 is 4.98 Å². The second-order valence-electron chi connectivity index (χ2n) is 7.37. The quantitative estimate of drug-likeness (QED) is 0.417. The van der Waals surface area contributed by atoms with Crippen LogP contribution in [0.3, 0.4) is 0 Å². The summed E-state index contributed by atoms with van der Waals surface area (Å²) in [4.78, 5) is 35.8. The lowest BCUT2D eigenvalue weighted by Gasteiger charge is -2.06. The molecule has 0 amide bonds. The van der Waals surface area contributed by atoms with Crippen molar-refractivity contribution in [3.05, 3.63) is 88.1 Å². The van der Waals surface area contributed by atoms with Gasteiger partial charge in [-0.1, -0.05) is 48.5 Å². The molecular formula is C24H19N3O2S. The van der Waals surface area contributed by atoms with Crippen LogP contribution in [0.2, 0.25) is 0 Å². The number of aromatic amines is 1. The van der Waals surface area contributed by atoms with Gasteiger partial charge in [0.25, 0.3) is 5.56 Å². The highest BCUT2D eigenvalue weighted by Gasteiger charge is 2.19. The van der Waals surface area contributed by atoms with Gasteiger partial charge in [-0.3, -0.25) is 14.2 Å². The van der Waals surface area contributed by atoms with Gasteiger partial charge in [0.15, 0.2) is 5.78 Å². The molecule has 0 aliphatic heterocycles. The second-order valence-corrected chi connectivity index (χ2v) is 8.37. The minimum Gasteiger partial charge on any atom is -0.358 e. The van der Waals surface area contributed by atoms with Crippen LogP contribution in [0.4, 0.5) is 0 Å². The van der Waals surface area contributed by atoms with Crippen molar-refractivity contribution in [1.29, 1.82) is 0 Å². The van der Waals surface area contributed by atoms with Crippen LogP contribution in [-0.2, 0) is 6.54 Å². The molecule has 5 rings (SSSR count). The number of rotatable bonds is 4. The minimum absolute atomic E-state index is 0.0413. The monoisotopic (exact) mass is 413 g/mol. The van der Waals surface area contributed by atoms with Crippen molar-refractivity contribution in [2.75, 3.05) is 0 Å². The smallest absolute Gasteiger partial charge is 0.262 e. The second kappa shape index (κ2) is 7.07. The number of hydrogen-bond donors (Lipinski definition) is 1. The van der Waals surface area contributed by atoms with Gasteiger partial charge in [0.2, 0.25) is 0 Å². The predicted molar refractivity (Wildman–Crippen MR) is 121 cm³/mol. The van der Waals surface area contributed by atoms with E-state index in [-0.39, 0.29) is 17.9 Å². The number of aryl methyl sites for hydroxylation is 2. The number of H-pyrrole nitrogens is 1. The van der Waals surface area contributed by atoms with E-state index >= 15 is 0 Å². The summed E-state index contributed by atoms with van der Waals surface area (Å²) in [6, 6.07) is 17.7. The van der Waals surface area contributed by atoms with E-state index in [2.05, 4.69) is 9.97 Å². The number of benzene rings is 2. The van der Waals surface area contributed by atoms with Crippen LogP contribution < -0.4 is 5.56 Å². The highest BCUT2D eigenvalue weighted by Crippen LogP contribution is 2.35. The molecule has 2 aromatic carbocycles. The Bertz CT molecular complexity index is 1480. The SMILES string of the molecule is Cc1[nH]c2ccccc2c1C(=O)Cn1cnc2sc(-c3ccccc3)c(C)c2c1=O. The maximum Gasteiger partial charge on any atom is 0.262 e. The lowest BCUT2D eigenvalue weighted by molar-refractivity contribution is 0.0971. The maximum absolute atomic E-state index is 13.2. The van der Waals surface area contributed by atoms with E-state index in [1.165, 1.54) is 22.2 Å². The third-order valence-corrected chi connectivity index (χ3v) is 6.69. The summed E-state index contributed by atoms with van der Waals surface area (Å²) < 4.78 is 1.42. The highest BCUT2D eigenvalue weighted by molar-refractivity contribution is 7.22. The molecule has 0 fully saturated rings. The fourth-order valence-corrected chi connectivity index (χ4v) is 5.15. The molecule has 0 spiro atoms. The van der Waals surface area contributed by atoms with Crippen molar-refractivity contribution in [3.63, 3.8) is 0 Å². The number of carbonyl (C=O) groups is 1. The first-order chi connectivity index (χ1) is 14.5. The maximum atomic E-state index is 13.2. The zero-order chi connectivity index (χ0) is 20.8. The molecule has 0 radical (unpaired) electrons. The molecule has 3 heterocycles. The van der Waals surface area contributed by atoms with E-state index in [4.69, 9.17) is 0 Å². The zero-order valence-corrected chi connectivity index (χ0v) is 17.4. The molecule has 5 aromatic rings. The Balaban J connectivity index is 1.58. The molecule has 6 heteroatoms. The molecule has 0 bridgehead atoms. The Hall–Kier alpha value is -3.51. The first-order valence-corrected chi connectivity index (χ1v) is 10.5. The van der Waals surface area contributed by atoms with E-state index in [0.29, 0.717) is 15.8 Å². The average molecular weight is 414 g/mol. The van der Waals surface area contributed by atoms with Crippen LogP contribution in [0, 0.1) is 13.8 Å². The van der Waals surface area contributed by atoms with Crippen LogP contribution in [-0.4, -0.2) is 20.3 Å². The number of fused-ring (bicyclic) bond motifs is 2. The molecule has 0 saturated carbocycles. The lowest BCUT2D eigenvalue weighted by Crippen LogP contribution is -2.24. The number of aromatic nitrogens is 3. The lowest BCUT2D eigenvalue weighted by atomic mass is 10.1. The number of thiophene rings is 1. The molecule has 0 aliphatic rings. The summed E-state index contributed by atoms with van der Waals surface area (Å²) in [5, 5.41) is 1.46. The molecule has 0 aliphatic carbocycles. The van der Waals surface area contributed by atoms with Gasteiger partial charge in [0, 0.05) is 27.0 Å². The molecular weight excluding hydrogens is 394 g/mol. The normalized spacial score (nSPS) is 11.4. The van der Waals surface area contributed by atoms with Crippen molar-refractivity contribution >= 4 is 38.2 Å². The molecule has 0 atom stereocenters. The summed E-state index contributed by atoms with van der Waals surface area (Å²) in [5.74, 6) is -0.107. The number of nitrogens with one attached hydrogen (secondary N) is 1. The van der Waals surface area contributed by atoms with Crippen molar-refractivity contribution in [2.45, 2.75) is 20.4 Å². The van der Waals surface area contributed by atoms with Gasteiger partial charge in [0.1, 0.15) is 4.83 Å². The summed E-state index contributed by atoms with van der Waals surface area (Å²) >= 11 is 1.51. The Kier molecular flexibility index (Phi) is 4.37. The first kappa shape index (κ1) is 18.5. The van der Waals surface area contributed by atoms with Gasteiger partial charge in [0.05, 0.1) is 18.3 Å². The number of hydrogen-bond acceptors (Lipinski definition) is 4. The zero-order valence-electron chi connectivity index (χ0n) is 16.6. The molecule has 0 unspecified atom stereocenters. The standard InChI is InChI=1S/C24H19N3O2S/c1-14-20-23(30-22(14)16-8-4-3-5-9-16)25-13-27(24(20)29)12-19(28)21-15(2)26-18-11-7-6-10-17(18)21/h3-11,13,26H,12H2,1-2H3. The Morgan fingerprint density at radius 3 is 2.60 bits per heavy atom. The van der Waals surface area contributed by atoms with E-state index in [0.717, 1.165) is 32.6 Å². The Morgan fingerprint density at radius 1 is 1.07 bits per heavy atom.